The van der Waals surface area contributed by atoms with Crippen LogP contribution in [0.2, 0.25) is 0 Å². The molecule has 136 valence electrons. The molecule has 0 aromatic carbocycles. The molecule has 1 unspecified atom stereocenters. The van der Waals surface area contributed by atoms with Crippen LogP contribution in [0.15, 0.2) is 6.07 Å². The minimum Gasteiger partial charge on any atom is -0.292 e. The maximum absolute atomic E-state index is 4.88. The molecule has 0 radical (unpaired) electrons. The number of rotatable bonds is 4. The van der Waals surface area contributed by atoms with Crippen LogP contribution in [-0.4, -0.2) is 27.0 Å². The van der Waals surface area contributed by atoms with Gasteiger partial charge in [0, 0.05) is 22.3 Å². The van der Waals surface area contributed by atoms with E-state index in [9.17, 15) is 0 Å². The Labute approximate surface area is 155 Å². The third kappa shape index (κ3) is 3.35. The predicted octanol–water partition coefficient (Wildman–Crippen LogP) is 5.81. The van der Waals surface area contributed by atoms with Crippen molar-refractivity contribution in [3.05, 3.63) is 22.5 Å². The molecular weight excluding hydrogens is 326 g/mol. The maximum Gasteiger partial charge on any atom is 0.127 e. The SMILES string of the molecule is CCC1(C)CCCN1Cc1nc(C)nc2sc(C3CCCCC3)cc12. The van der Waals surface area contributed by atoms with Crippen LogP contribution in [-0.2, 0) is 6.54 Å². The lowest BCUT2D eigenvalue weighted by molar-refractivity contribution is 0.141. The lowest BCUT2D eigenvalue weighted by Gasteiger charge is -2.34. The van der Waals surface area contributed by atoms with Crippen molar-refractivity contribution in [1.82, 2.24) is 14.9 Å². The number of hydrogen-bond acceptors (Lipinski definition) is 4. The number of aromatic nitrogens is 2. The van der Waals surface area contributed by atoms with Gasteiger partial charge in [-0.25, -0.2) is 9.97 Å². The molecule has 0 bridgehead atoms. The second kappa shape index (κ2) is 6.96. The Hall–Kier alpha value is -1.00. The average Bonchev–Trinajstić information content (AvgIpc) is 3.20. The van der Waals surface area contributed by atoms with E-state index in [-0.39, 0.29) is 0 Å². The summed E-state index contributed by atoms with van der Waals surface area (Å²) in [6, 6.07) is 2.43. The molecule has 1 saturated carbocycles. The predicted molar refractivity (Wildman–Crippen MR) is 106 cm³/mol. The lowest BCUT2D eigenvalue weighted by atomic mass is 9.88. The van der Waals surface area contributed by atoms with Crippen LogP contribution in [0.3, 0.4) is 0 Å². The number of fused-ring (bicyclic) bond motifs is 1. The second-order valence-electron chi connectivity index (χ2n) is 8.30. The molecule has 1 aliphatic carbocycles. The Balaban J connectivity index is 1.67. The van der Waals surface area contributed by atoms with Gasteiger partial charge in [0.2, 0.25) is 0 Å². The Morgan fingerprint density at radius 1 is 1.20 bits per heavy atom. The molecule has 2 fully saturated rings. The second-order valence-corrected chi connectivity index (χ2v) is 9.36. The van der Waals surface area contributed by atoms with E-state index in [4.69, 9.17) is 9.97 Å². The summed E-state index contributed by atoms with van der Waals surface area (Å²) in [4.78, 5) is 15.1. The first-order chi connectivity index (χ1) is 12.1. The van der Waals surface area contributed by atoms with Gasteiger partial charge in [-0.2, -0.15) is 0 Å². The summed E-state index contributed by atoms with van der Waals surface area (Å²) < 4.78 is 0. The van der Waals surface area contributed by atoms with Crippen molar-refractivity contribution >= 4 is 21.6 Å². The fourth-order valence-corrected chi connectivity index (χ4v) is 6.02. The third-order valence-electron chi connectivity index (χ3n) is 6.62. The van der Waals surface area contributed by atoms with E-state index in [1.807, 2.05) is 18.3 Å². The zero-order valence-corrected chi connectivity index (χ0v) is 16.8. The number of likely N-dealkylation sites (tertiary alicyclic amines) is 1. The molecule has 4 heteroatoms. The molecule has 1 aliphatic heterocycles. The summed E-state index contributed by atoms with van der Waals surface area (Å²) in [7, 11) is 0. The van der Waals surface area contributed by atoms with Gasteiger partial charge in [-0.15, -0.1) is 11.3 Å². The fraction of sp³-hybridized carbons (Fsp3) is 0.714. The van der Waals surface area contributed by atoms with Crippen molar-refractivity contribution < 1.29 is 0 Å². The monoisotopic (exact) mass is 357 g/mol. The highest BCUT2D eigenvalue weighted by molar-refractivity contribution is 7.18. The zero-order chi connectivity index (χ0) is 17.4. The lowest BCUT2D eigenvalue weighted by Crippen LogP contribution is -2.40. The van der Waals surface area contributed by atoms with Gasteiger partial charge in [0.15, 0.2) is 0 Å². The van der Waals surface area contributed by atoms with E-state index in [2.05, 4.69) is 24.8 Å². The highest BCUT2D eigenvalue weighted by Crippen LogP contribution is 2.40. The summed E-state index contributed by atoms with van der Waals surface area (Å²) in [5.41, 5.74) is 1.59. The fourth-order valence-electron chi connectivity index (χ4n) is 4.76. The van der Waals surface area contributed by atoms with Gasteiger partial charge in [0.1, 0.15) is 10.7 Å². The van der Waals surface area contributed by atoms with Gasteiger partial charge in [0.25, 0.3) is 0 Å². The highest BCUT2D eigenvalue weighted by Gasteiger charge is 2.35. The molecule has 1 saturated heterocycles. The Bertz CT molecular complexity index is 747. The molecule has 0 N–H and O–H groups in total. The van der Waals surface area contributed by atoms with Crippen molar-refractivity contribution in [2.24, 2.45) is 0 Å². The smallest absolute Gasteiger partial charge is 0.127 e. The topological polar surface area (TPSA) is 29.0 Å². The van der Waals surface area contributed by atoms with Crippen LogP contribution in [0.4, 0.5) is 0 Å². The minimum atomic E-state index is 0.341. The van der Waals surface area contributed by atoms with Gasteiger partial charge < -0.3 is 0 Å². The molecule has 2 aliphatic rings. The number of aryl methyl sites for hydroxylation is 1. The summed E-state index contributed by atoms with van der Waals surface area (Å²) in [6.07, 6.45) is 10.7. The van der Waals surface area contributed by atoms with Crippen LogP contribution in [0.1, 0.15) is 87.5 Å². The van der Waals surface area contributed by atoms with Gasteiger partial charge in [0.05, 0.1) is 5.69 Å². The van der Waals surface area contributed by atoms with E-state index < -0.39 is 0 Å². The molecule has 2 aromatic rings. The number of nitrogens with zero attached hydrogens (tertiary/aromatic N) is 3. The van der Waals surface area contributed by atoms with E-state index >= 15 is 0 Å². The average molecular weight is 358 g/mol. The van der Waals surface area contributed by atoms with Gasteiger partial charge in [-0.1, -0.05) is 26.2 Å². The quantitative estimate of drug-likeness (QED) is 0.691. The first-order valence-corrected chi connectivity index (χ1v) is 10.9. The van der Waals surface area contributed by atoms with Crippen molar-refractivity contribution in [3.8, 4) is 0 Å². The summed E-state index contributed by atoms with van der Waals surface area (Å²) >= 11 is 1.93. The summed E-state index contributed by atoms with van der Waals surface area (Å²) in [6.45, 7) is 8.97. The molecule has 0 spiro atoms. The summed E-state index contributed by atoms with van der Waals surface area (Å²) in [5, 5.41) is 1.32. The largest absolute Gasteiger partial charge is 0.292 e. The molecule has 3 nitrogen and oxygen atoms in total. The van der Waals surface area contributed by atoms with Crippen LogP contribution in [0.25, 0.3) is 10.2 Å². The van der Waals surface area contributed by atoms with Crippen molar-refractivity contribution in [2.45, 2.75) is 90.1 Å². The van der Waals surface area contributed by atoms with Crippen LogP contribution in [0, 0.1) is 6.92 Å². The van der Waals surface area contributed by atoms with Gasteiger partial charge in [-0.05, 0) is 64.5 Å². The Kier molecular flexibility index (Phi) is 4.85. The van der Waals surface area contributed by atoms with Crippen LogP contribution >= 0.6 is 11.3 Å². The molecule has 0 amide bonds. The molecule has 25 heavy (non-hydrogen) atoms. The van der Waals surface area contributed by atoms with E-state index in [0.717, 1.165) is 18.3 Å². The highest BCUT2D eigenvalue weighted by atomic mass is 32.1. The zero-order valence-electron chi connectivity index (χ0n) is 16.0. The van der Waals surface area contributed by atoms with Gasteiger partial charge in [-0.3, -0.25) is 4.90 Å². The van der Waals surface area contributed by atoms with Crippen LogP contribution in [0.5, 0.6) is 0 Å². The number of thiophene rings is 1. The Morgan fingerprint density at radius 2 is 2.00 bits per heavy atom. The molecule has 1 atom stereocenters. The first-order valence-electron chi connectivity index (χ1n) is 10.1. The normalized spacial score (nSPS) is 25.9. The van der Waals surface area contributed by atoms with E-state index in [1.54, 1.807) is 4.88 Å². The summed E-state index contributed by atoms with van der Waals surface area (Å²) in [5.74, 6) is 1.69. The van der Waals surface area contributed by atoms with Crippen molar-refractivity contribution in [2.75, 3.05) is 6.54 Å². The van der Waals surface area contributed by atoms with Crippen molar-refractivity contribution in [1.29, 1.82) is 0 Å². The van der Waals surface area contributed by atoms with Gasteiger partial charge >= 0.3 is 0 Å². The standard InChI is InChI=1S/C21H31N3S/c1-4-21(3)11-8-12-24(21)14-18-17-13-19(16-9-6-5-7-10-16)25-20(17)23-15(2)22-18/h13,16H,4-12,14H2,1-3H3. The number of hydrogen-bond donors (Lipinski definition) is 0. The Morgan fingerprint density at radius 3 is 2.76 bits per heavy atom. The molecular formula is C21H31N3S. The molecule has 3 heterocycles. The van der Waals surface area contributed by atoms with Crippen LogP contribution < -0.4 is 0 Å². The van der Waals surface area contributed by atoms with E-state index in [0.29, 0.717) is 5.54 Å². The first kappa shape index (κ1) is 17.4. The minimum absolute atomic E-state index is 0.341. The maximum atomic E-state index is 4.88. The van der Waals surface area contributed by atoms with Crippen molar-refractivity contribution in [3.63, 3.8) is 0 Å². The van der Waals surface area contributed by atoms with E-state index in [1.165, 1.54) is 73.8 Å². The molecule has 2 aromatic heterocycles. The third-order valence-corrected chi connectivity index (χ3v) is 7.81. The molecule has 4 rings (SSSR count).